The molecule has 1 heterocycles. The molecule has 2 aromatic carbocycles. The molecule has 2 N–H and O–H groups in total. The molecular weight excluding hydrogens is 404 g/mol. The smallest absolute Gasteiger partial charge is 0.267 e. The van der Waals surface area contributed by atoms with Crippen LogP contribution in [0.5, 0.6) is 0 Å². The third-order valence-corrected chi connectivity index (χ3v) is 4.84. The zero-order valence-electron chi connectivity index (χ0n) is 16.0. The summed E-state index contributed by atoms with van der Waals surface area (Å²) in [7, 11) is 0. The van der Waals surface area contributed by atoms with Gasteiger partial charge in [-0.25, -0.2) is 4.68 Å². The van der Waals surface area contributed by atoms with Crippen LogP contribution in [0.1, 0.15) is 23.2 Å². The lowest BCUT2D eigenvalue weighted by Gasteiger charge is -2.10. The van der Waals surface area contributed by atoms with Gasteiger partial charge < -0.3 is 10.6 Å². The number of amides is 2. The lowest BCUT2D eigenvalue weighted by molar-refractivity contribution is -0.117. The zero-order valence-corrected chi connectivity index (χ0v) is 16.7. The van der Waals surface area contributed by atoms with Crippen LogP contribution in [-0.2, 0) is 11.3 Å². The quantitative estimate of drug-likeness (QED) is 0.638. The number of carbonyl (C=O) groups excluding carboxylic acids is 2. The fourth-order valence-corrected chi connectivity index (χ4v) is 3.13. The summed E-state index contributed by atoms with van der Waals surface area (Å²) in [4.78, 5) is 36.8. The van der Waals surface area contributed by atoms with E-state index in [9.17, 15) is 14.4 Å². The van der Waals surface area contributed by atoms with Crippen LogP contribution in [0.25, 0.3) is 11.3 Å². The average Bonchev–Trinajstić information content (AvgIpc) is 3.54. The first-order valence-electron chi connectivity index (χ1n) is 9.53. The van der Waals surface area contributed by atoms with E-state index in [-0.39, 0.29) is 18.5 Å². The number of nitrogens with zero attached hydrogens (tertiary/aromatic N) is 2. The number of halogens is 1. The molecule has 4 rings (SSSR count). The molecule has 8 heteroatoms. The molecule has 0 unspecified atom stereocenters. The van der Waals surface area contributed by atoms with Gasteiger partial charge in [0.1, 0.15) is 6.54 Å². The minimum absolute atomic E-state index is 0.166. The summed E-state index contributed by atoms with van der Waals surface area (Å²) in [6.07, 6.45) is 2.00. The van der Waals surface area contributed by atoms with Crippen molar-refractivity contribution in [3.8, 4) is 11.3 Å². The van der Waals surface area contributed by atoms with E-state index in [2.05, 4.69) is 15.7 Å². The van der Waals surface area contributed by atoms with Crippen LogP contribution in [-0.4, -0.2) is 27.6 Å². The Labute approximate surface area is 177 Å². The van der Waals surface area contributed by atoms with E-state index in [4.69, 9.17) is 11.6 Å². The molecule has 0 aliphatic heterocycles. The molecule has 2 amide bonds. The van der Waals surface area contributed by atoms with Crippen LogP contribution >= 0.6 is 11.6 Å². The van der Waals surface area contributed by atoms with Crippen molar-refractivity contribution in [2.45, 2.75) is 25.4 Å². The van der Waals surface area contributed by atoms with Crippen LogP contribution in [0.2, 0.25) is 5.02 Å². The lowest BCUT2D eigenvalue weighted by Crippen LogP contribution is -2.29. The summed E-state index contributed by atoms with van der Waals surface area (Å²) in [5, 5.41) is 10.4. The normalized spacial score (nSPS) is 13.0. The third kappa shape index (κ3) is 4.93. The number of aromatic nitrogens is 2. The van der Waals surface area contributed by atoms with Crippen molar-refractivity contribution in [1.82, 2.24) is 15.1 Å². The zero-order chi connectivity index (χ0) is 21.1. The highest BCUT2D eigenvalue weighted by Crippen LogP contribution is 2.21. The standard InChI is InChI=1S/C22H19ClN4O3/c23-16-5-1-3-14(11-16)19-9-10-21(29)27(26-19)13-20(28)24-18-6-2-4-15(12-18)22(30)25-17-7-8-17/h1-6,9-12,17H,7-8,13H2,(H,24,28)(H,25,30). The summed E-state index contributed by atoms with van der Waals surface area (Å²) in [5.41, 5.74) is 1.82. The Balaban J connectivity index is 1.47. The third-order valence-electron chi connectivity index (χ3n) is 4.60. The number of carbonyl (C=O) groups is 2. The second kappa shape index (κ2) is 8.51. The number of hydrogen-bond donors (Lipinski definition) is 2. The Morgan fingerprint density at radius 1 is 1.07 bits per heavy atom. The van der Waals surface area contributed by atoms with Crippen LogP contribution < -0.4 is 16.2 Å². The van der Waals surface area contributed by atoms with E-state index < -0.39 is 11.5 Å². The molecular formula is C22H19ClN4O3. The van der Waals surface area contributed by atoms with E-state index in [1.165, 1.54) is 6.07 Å². The van der Waals surface area contributed by atoms with Crippen molar-refractivity contribution < 1.29 is 9.59 Å². The second-order valence-electron chi connectivity index (χ2n) is 7.10. The minimum Gasteiger partial charge on any atom is -0.349 e. The molecule has 0 radical (unpaired) electrons. The van der Waals surface area contributed by atoms with Crippen LogP contribution in [0, 0.1) is 0 Å². The molecule has 1 aromatic heterocycles. The highest BCUT2D eigenvalue weighted by atomic mass is 35.5. The van der Waals surface area contributed by atoms with Crippen molar-refractivity contribution in [2.24, 2.45) is 0 Å². The van der Waals surface area contributed by atoms with Crippen molar-refractivity contribution >= 4 is 29.1 Å². The van der Waals surface area contributed by atoms with Gasteiger partial charge >= 0.3 is 0 Å². The van der Waals surface area contributed by atoms with Gasteiger partial charge in [-0.05, 0) is 49.2 Å². The first-order valence-corrected chi connectivity index (χ1v) is 9.90. The fourth-order valence-electron chi connectivity index (χ4n) is 2.94. The van der Waals surface area contributed by atoms with Crippen molar-refractivity contribution in [3.05, 3.63) is 81.6 Å². The summed E-state index contributed by atoms with van der Waals surface area (Å²) in [6.45, 7) is -0.258. The van der Waals surface area contributed by atoms with Gasteiger partial charge in [0.05, 0.1) is 5.69 Å². The van der Waals surface area contributed by atoms with Crippen LogP contribution in [0.3, 0.4) is 0 Å². The molecule has 0 bridgehead atoms. The largest absolute Gasteiger partial charge is 0.349 e. The first-order chi connectivity index (χ1) is 14.5. The number of hydrogen-bond acceptors (Lipinski definition) is 4. The van der Waals surface area contributed by atoms with E-state index in [0.717, 1.165) is 23.1 Å². The first kappa shape index (κ1) is 19.8. The monoisotopic (exact) mass is 422 g/mol. The molecule has 7 nitrogen and oxygen atoms in total. The Kier molecular flexibility index (Phi) is 5.63. The second-order valence-corrected chi connectivity index (χ2v) is 7.54. The SMILES string of the molecule is O=C(Cn1nc(-c2cccc(Cl)c2)ccc1=O)Nc1cccc(C(=O)NC2CC2)c1. The molecule has 0 atom stereocenters. The molecule has 1 aliphatic rings. The number of nitrogens with one attached hydrogen (secondary N) is 2. The van der Waals surface area contributed by atoms with Gasteiger partial charge in [0, 0.05) is 33.9 Å². The van der Waals surface area contributed by atoms with Gasteiger partial charge in [0.2, 0.25) is 5.91 Å². The highest BCUT2D eigenvalue weighted by Gasteiger charge is 2.23. The van der Waals surface area contributed by atoms with E-state index >= 15 is 0 Å². The lowest BCUT2D eigenvalue weighted by atomic mass is 10.1. The maximum absolute atomic E-state index is 12.5. The summed E-state index contributed by atoms with van der Waals surface area (Å²) in [5.74, 6) is -0.590. The predicted molar refractivity (Wildman–Crippen MR) is 115 cm³/mol. The number of benzene rings is 2. The van der Waals surface area contributed by atoms with Gasteiger partial charge in [-0.1, -0.05) is 29.8 Å². The number of anilines is 1. The summed E-state index contributed by atoms with van der Waals surface area (Å²) in [6, 6.07) is 17.0. The molecule has 30 heavy (non-hydrogen) atoms. The van der Waals surface area contributed by atoms with Gasteiger partial charge in [-0.2, -0.15) is 5.10 Å². The van der Waals surface area contributed by atoms with Gasteiger partial charge in [0.25, 0.3) is 11.5 Å². The molecule has 152 valence electrons. The van der Waals surface area contributed by atoms with E-state index in [1.807, 2.05) is 6.07 Å². The molecule has 1 saturated carbocycles. The van der Waals surface area contributed by atoms with Crippen LogP contribution in [0.4, 0.5) is 5.69 Å². The van der Waals surface area contributed by atoms with Gasteiger partial charge in [-0.15, -0.1) is 0 Å². The molecule has 1 aliphatic carbocycles. The summed E-state index contributed by atoms with van der Waals surface area (Å²) >= 11 is 6.02. The van der Waals surface area contributed by atoms with Crippen molar-refractivity contribution in [3.63, 3.8) is 0 Å². The molecule has 0 saturated heterocycles. The minimum atomic E-state index is -0.424. The topological polar surface area (TPSA) is 93.1 Å². The maximum Gasteiger partial charge on any atom is 0.267 e. The molecule has 1 fully saturated rings. The Hall–Kier alpha value is -3.45. The van der Waals surface area contributed by atoms with Gasteiger partial charge in [-0.3, -0.25) is 14.4 Å². The fraction of sp³-hybridized carbons (Fsp3) is 0.182. The van der Waals surface area contributed by atoms with Crippen molar-refractivity contribution in [2.75, 3.05) is 5.32 Å². The van der Waals surface area contributed by atoms with Crippen molar-refractivity contribution in [1.29, 1.82) is 0 Å². The average molecular weight is 423 g/mol. The van der Waals surface area contributed by atoms with E-state index in [1.54, 1.807) is 48.5 Å². The Morgan fingerprint density at radius 3 is 2.63 bits per heavy atom. The predicted octanol–water partition coefficient (Wildman–Crippen LogP) is 3.09. The van der Waals surface area contributed by atoms with Gasteiger partial charge in [0.15, 0.2) is 0 Å². The number of rotatable bonds is 6. The van der Waals surface area contributed by atoms with E-state index in [0.29, 0.717) is 22.0 Å². The van der Waals surface area contributed by atoms with Crippen LogP contribution in [0.15, 0.2) is 65.5 Å². The highest BCUT2D eigenvalue weighted by molar-refractivity contribution is 6.30. The Morgan fingerprint density at radius 2 is 1.87 bits per heavy atom. The molecule has 3 aromatic rings. The summed E-state index contributed by atoms with van der Waals surface area (Å²) < 4.78 is 1.09. The maximum atomic E-state index is 12.5. The Bertz CT molecular complexity index is 1170. The molecule has 0 spiro atoms.